The standard InChI is InChI=1S/C24H35N3O3/c1-2-3-4-5-6-7-8-9-10-11-19-12-14-20(15-13-19)22-25-23(30-26-22)21-16-17-27(18-21)24(28)29/h12-15,21H,2-11,16-18H2,1H3,(H,28,29)/t21-/m1/s1. The number of hydrogen-bond acceptors (Lipinski definition) is 4. The fourth-order valence-corrected chi connectivity index (χ4v) is 4.11. The van der Waals surface area contributed by atoms with Gasteiger partial charge >= 0.3 is 6.09 Å². The summed E-state index contributed by atoms with van der Waals surface area (Å²) in [7, 11) is 0. The van der Waals surface area contributed by atoms with Gasteiger partial charge in [0.15, 0.2) is 0 Å². The number of likely N-dealkylation sites (tertiary alicyclic amines) is 1. The molecule has 6 nitrogen and oxygen atoms in total. The molecule has 1 aromatic carbocycles. The van der Waals surface area contributed by atoms with Crippen LogP contribution in [0.5, 0.6) is 0 Å². The number of carboxylic acid groups (broad SMARTS) is 1. The van der Waals surface area contributed by atoms with Crippen LogP contribution < -0.4 is 0 Å². The first-order valence-corrected chi connectivity index (χ1v) is 11.6. The van der Waals surface area contributed by atoms with Crippen molar-refractivity contribution in [3.05, 3.63) is 35.7 Å². The van der Waals surface area contributed by atoms with Crippen LogP contribution in [0.3, 0.4) is 0 Å². The number of aromatic nitrogens is 2. The Labute approximate surface area is 179 Å². The summed E-state index contributed by atoms with van der Waals surface area (Å²) in [5, 5.41) is 13.2. The van der Waals surface area contributed by atoms with Crippen LogP contribution in [0.1, 0.15) is 88.5 Å². The molecule has 30 heavy (non-hydrogen) atoms. The Morgan fingerprint density at radius 3 is 2.37 bits per heavy atom. The molecule has 2 heterocycles. The quantitative estimate of drug-likeness (QED) is 0.414. The van der Waals surface area contributed by atoms with E-state index in [1.165, 1.54) is 68.3 Å². The minimum Gasteiger partial charge on any atom is -0.465 e. The van der Waals surface area contributed by atoms with Gasteiger partial charge < -0.3 is 14.5 Å². The van der Waals surface area contributed by atoms with Crippen LogP contribution >= 0.6 is 0 Å². The average molecular weight is 414 g/mol. The van der Waals surface area contributed by atoms with Gasteiger partial charge in [-0.2, -0.15) is 4.98 Å². The predicted octanol–water partition coefficient (Wildman–Crippen LogP) is 6.28. The highest BCUT2D eigenvalue weighted by atomic mass is 16.5. The van der Waals surface area contributed by atoms with Crippen molar-refractivity contribution < 1.29 is 14.4 Å². The Morgan fingerprint density at radius 2 is 1.73 bits per heavy atom. The number of unbranched alkanes of at least 4 members (excludes halogenated alkanes) is 8. The second-order valence-corrected chi connectivity index (χ2v) is 8.45. The van der Waals surface area contributed by atoms with Crippen molar-refractivity contribution in [2.24, 2.45) is 0 Å². The number of benzene rings is 1. The van der Waals surface area contributed by atoms with Crippen molar-refractivity contribution in [1.29, 1.82) is 0 Å². The van der Waals surface area contributed by atoms with Crippen molar-refractivity contribution in [3.63, 3.8) is 0 Å². The third-order valence-corrected chi connectivity index (χ3v) is 6.03. The van der Waals surface area contributed by atoms with Gasteiger partial charge in [0.1, 0.15) is 0 Å². The zero-order chi connectivity index (χ0) is 21.2. The van der Waals surface area contributed by atoms with Crippen LogP contribution in [0, 0.1) is 0 Å². The van der Waals surface area contributed by atoms with Crippen molar-refractivity contribution in [2.45, 2.75) is 83.5 Å². The number of carbonyl (C=O) groups is 1. The Bertz CT molecular complexity index is 772. The Kier molecular flexibility index (Phi) is 8.72. The summed E-state index contributed by atoms with van der Waals surface area (Å²) in [6.07, 6.45) is 13.1. The lowest BCUT2D eigenvalue weighted by Crippen LogP contribution is -2.26. The van der Waals surface area contributed by atoms with Crippen LogP contribution in [-0.4, -0.2) is 39.3 Å². The van der Waals surface area contributed by atoms with E-state index in [9.17, 15) is 4.79 Å². The number of amides is 1. The van der Waals surface area contributed by atoms with E-state index < -0.39 is 6.09 Å². The minimum atomic E-state index is -0.889. The van der Waals surface area contributed by atoms with E-state index >= 15 is 0 Å². The van der Waals surface area contributed by atoms with Crippen molar-refractivity contribution >= 4 is 6.09 Å². The van der Waals surface area contributed by atoms with Crippen LogP contribution in [0.15, 0.2) is 28.8 Å². The smallest absolute Gasteiger partial charge is 0.407 e. The first-order chi connectivity index (χ1) is 14.7. The zero-order valence-corrected chi connectivity index (χ0v) is 18.2. The maximum absolute atomic E-state index is 11.1. The molecule has 1 N–H and O–H groups in total. The van der Waals surface area contributed by atoms with E-state index in [1.807, 2.05) is 0 Å². The monoisotopic (exact) mass is 413 g/mol. The molecule has 1 aliphatic rings. The Morgan fingerprint density at radius 1 is 1.07 bits per heavy atom. The molecule has 164 valence electrons. The second kappa shape index (κ2) is 11.7. The van der Waals surface area contributed by atoms with Gasteiger partial charge in [-0.25, -0.2) is 4.79 Å². The minimum absolute atomic E-state index is 0.00623. The van der Waals surface area contributed by atoms with Crippen molar-refractivity contribution in [2.75, 3.05) is 13.1 Å². The fourth-order valence-electron chi connectivity index (χ4n) is 4.11. The summed E-state index contributed by atoms with van der Waals surface area (Å²) in [4.78, 5) is 17.0. The van der Waals surface area contributed by atoms with Crippen LogP contribution in [-0.2, 0) is 6.42 Å². The van der Waals surface area contributed by atoms with E-state index in [-0.39, 0.29) is 5.92 Å². The summed E-state index contributed by atoms with van der Waals surface area (Å²) >= 11 is 0. The number of aryl methyl sites for hydroxylation is 1. The van der Waals surface area contributed by atoms with Crippen LogP contribution in [0.4, 0.5) is 4.79 Å². The SMILES string of the molecule is CCCCCCCCCCCc1ccc(-c2noc([C@@H]3CCN(C(=O)O)C3)n2)cc1. The summed E-state index contributed by atoms with van der Waals surface area (Å²) in [6.45, 7) is 3.21. The molecule has 1 saturated heterocycles. The van der Waals surface area contributed by atoms with E-state index in [0.29, 0.717) is 24.8 Å². The molecule has 1 aromatic heterocycles. The van der Waals surface area contributed by atoms with Crippen molar-refractivity contribution in [3.8, 4) is 11.4 Å². The molecule has 0 bridgehead atoms. The van der Waals surface area contributed by atoms with Gasteiger partial charge in [-0.3, -0.25) is 0 Å². The highest BCUT2D eigenvalue weighted by molar-refractivity contribution is 5.65. The zero-order valence-electron chi connectivity index (χ0n) is 18.2. The van der Waals surface area contributed by atoms with E-state index in [2.05, 4.69) is 41.3 Å². The third-order valence-electron chi connectivity index (χ3n) is 6.03. The van der Waals surface area contributed by atoms with E-state index in [0.717, 1.165) is 18.4 Å². The molecule has 2 aromatic rings. The van der Waals surface area contributed by atoms with Gasteiger partial charge in [0.25, 0.3) is 0 Å². The Hall–Kier alpha value is -2.37. The molecule has 1 aliphatic heterocycles. The van der Waals surface area contributed by atoms with Gasteiger partial charge in [0, 0.05) is 18.7 Å². The maximum atomic E-state index is 11.1. The molecular formula is C24H35N3O3. The molecule has 1 atom stereocenters. The summed E-state index contributed by atoms with van der Waals surface area (Å²) in [6, 6.07) is 8.40. The van der Waals surface area contributed by atoms with Crippen LogP contribution in [0.2, 0.25) is 0 Å². The van der Waals surface area contributed by atoms with Crippen LogP contribution in [0.25, 0.3) is 11.4 Å². The molecule has 0 radical (unpaired) electrons. The maximum Gasteiger partial charge on any atom is 0.407 e. The fraction of sp³-hybridized carbons (Fsp3) is 0.625. The molecule has 0 aliphatic carbocycles. The number of rotatable bonds is 12. The third kappa shape index (κ3) is 6.57. The molecule has 1 amide bonds. The van der Waals surface area contributed by atoms with E-state index in [4.69, 9.17) is 9.63 Å². The summed E-state index contributed by atoms with van der Waals surface area (Å²) in [5.74, 6) is 1.11. The number of nitrogens with zero attached hydrogens (tertiary/aromatic N) is 3. The molecule has 3 rings (SSSR count). The first kappa shape index (κ1) is 22.3. The lowest BCUT2D eigenvalue weighted by molar-refractivity contribution is 0.154. The molecule has 0 saturated carbocycles. The largest absolute Gasteiger partial charge is 0.465 e. The highest BCUT2D eigenvalue weighted by Gasteiger charge is 2.31. The lowest BCUT2D eigenvalue weighted by Gasteiger charge is -2.09. The molecule has 1 fully saturated rings. The van der Waals surface area contributed by atoms with Crippen molar-refractivity contribution in [1.82, 2.24) is 15.0 Å². The second-order valence-electron chi connectivity index (χ2n) is 8.45. The summed E-state index contributed by atoms with van der Waals surface area (Å²) < 4.78 is 5.41. The summed E-state index contributed by atoms with van der Waals surface area (Å²) in [5.41, 5.74) is 2.28. The van der Waals surface area contributed by atoms with Gasteiger partial charge in [-0.15, -0.1) is 0 Å². The van der Waals surface area contributed by atoms with Gasteiger partial charge in [-0.05, 0) is 24.8 Å². The Balaban J connectivity index is 1.39. The highest BCUT2D eigenvalue weighted by Crippen LogP contribution is 2.28. The number of hydrogen-bond donors (Lipinski definition) is 1. The van der Waals surface area contributed by atoms with E-state index in [1.54, 1.807) is 0 Å². The molecule has 0 spiro atoms. The molecule has 6 heteroatoms. The first-order valence-electron chi connectivity index (χ1n) is 11.6. The lowest BCUT2D eigenvalue weighted by atomic mass is 10.0. The van der Waals surface area contributed by atoms with Gasteiger partial charge in [0.2, 0.25) is 11.7 Å². The van der Waals surface area contributed by atoms with Gasteiger partial charge in [0.05, 0.1) is 5.92 Å². The topological polar surface area (TPSA) is 79.5 Å². The molecule has 0 unspecified atom stereocenters. The predicted molar refractivity (Wildman–Crippen MR) is 118 cm³/mol. The average Bonchev–Trinajstić information content (AvgIpc) is 3.43. The van der Waals surface area contributed by atoms with Gasteiger partial charge in [-0.1, -0.05) is 87.7 Å². The normalized spacial score (nSPS) is 16.3. The molecular weight excluding hydrogens is 378 g/mol.